The van der Waals surface area contributed by atoms with Gasteiger partial charge < -0.3 is 15.7 Å². The molecule has 1 unspecified atom stereocenters. The standard InChI is InChI=1S/C14H30N2O2/c1-10(2)7-8-12(14(4,5)6)16-13(18)15-11(3)9-17/h10-12,17H,7-9H2,1-6H3,(H2,15,16,18)/t11-,12?/m0/s1. The van der Waals surface area contributed by atoms with Gasteiger partial charge in [0.05, 0.1) is 12.6 Å². The largest absolute Gasteiger partial charge is 0.394 e. The molecule has 0 rings (SSSR count). The molecular weight excluding hydrogens is 228 g/mol. The van der Waals surface area contributed by atoms with E-state index in [1.165, 1.54) is 0 Å². The smallest absolute Gasteiger partial charge is 0.315 e. The molecule has 4 nitrogen and oxygen atoms in total. The van der Waals surface area contributed by atoms with Crippen molar-refractivity contribution in [2.75, 3.05) is 6.61 Å². The highest BCUT2D eigenvalue weighted by Gasteiger charge is 2.26. The lowest BCUT2D eigenvalue weighted by Crippen LogP contribution is -2.50. The highest BCUT2D eigenvalue weighted by Crippen LogP contribution is 2.24. The van der Waals surface area contributed by atoms with Crippen LogP contribution in [0.4, 0.5) is 4.79 Å². The van der Waals surface area contributed by atoms with Gasteiger partial charge in [0.15, 0.2) is 0 Å². The average molecular weight is 258 g/mol. The number of carbonyl (C=O) groups is 1. The molecule has 108 valence electrons. The molecular formula is C14H30N2O2. The molecule has 0 bridgehead atoms. The zero-order valence-corrected chi connectivity index (χ0v) is 12.7. The Bertz CT molecular complexity index is 247. The number of aliphatic hydroxyl groups is 1. The molecule has 0 aromatic rings. The van der Waals surface area contributed by atoms with Gasteiger partial charge in [-0.25, -0.2) is 4.79 Å². The summed E-state index contributed by atoms with van der Waals surface area (Å²) in [6.07, 6.45) is 2.07. The number of hydrogen-bond donors (Lipinski definition) is 3. The molecule has 0 aliphatic carbocycles. The number of rotatable bonds is 6. The first kappa shape index (κ1) is 17.2. The Morgan fingerprint density at radius 1 is 1.11 bits per heavy atom. The summed E-state index contributed by atoms with van der Waals surface area (Å²) in [5.74, 6) is 0.635. The molecule has 2 amide bonds. The van der Waals surface area contributed by atoms with Gasteiger partial charge in [0.2, 0.25) is 0 Å². The van der Waals surface area contributed by atoms with Crippen LogP contribution < -0.4 is 10.6 Å². The SMILES string of the molecule is CC(C)CCC(NC(=O)N[C@@H](C)CO)C(C)(C)C. The maximum absolute atomic E-state index is 11.8. The van der Waals surface area contributed by atoms with Crippen molar-refractivity contribution in [2.45, 2.75) is 66.5 Å². The van der Waals surface area contributed by atoms with E-state index in [4.69, 9.17) is 5.11 Å². The third-order valence-electron chi connectivity index (χ3n) is 3.03. The van der Waals surface area contributed by atoms with Crippen LogP contribution in [0, 0.1) is 11.3 Å². The molecule has 0 fully saturated rings. The van der Waals surface area contributed by atoms with E-state index in [1.54, 1.807) is 6.92 Å². The zero-order valence-electron chi connectivity index (χ0n) is 12.7. The van der Waals surface area contributed by atoms with Gasteiger partial charge >= 0.3 is 6.03 Å². The van der Waals surface area contributed by atoms with Crippen molar-refractivity contribution in [1.82, 2.24) is 10.6 Å². The summed E-state index contributed by atoms with van der Waals surface area (Å²) in [5, 5.41) is 14.6. The predicted octanol–water partition coefficient (Wildman–Crippen LogP) is 2.52. The summed E-state index contributed by atoms with van der Waals surface area (Å²) in [5.41, 5.74) is 0.0364. The van der Waals surface area contributed by atoms with Crippen molar-refractivity contribution in [3.05, 3.63) is 0 Å². The summed E-state index contributed by atoms with van der Waals surface area (Å²) in [6.45, 7) is 12.5. The van der Waals surface area contributed by atoms with Crippen LogP contribution in [-0.2, 0) is 0 Å². The molecule has 0 aliphatic heterocycles. The Morgan fingerprint density at radius 2 is 1.67 bits per heavy atom. The van der Waals surface area contributed by atoms with Gasteiger partial charge in [0, 0.05) is 6.04 Å². The minimum Gasteiger partial charge on any atom is -0.394 e. The monoisotopic (exact) mass is 258 g/mol. The lowest BCUT2D eigenvalue weighted by atomic mass is 9.83. The van der Waals surface area contributed by atoms with Crippen molar-refractivity contribution in [2.24, 2.45) is 11.3 Å². The summed E-state index contributed by atoms with van der Waals surface area (Å²) >= 11 is 0. The van der Waals surface area contributed by atoms with Crippen LogP contribution in [0.25, 0.3) is 0 Å². The Balaban J connectivity index is 4.36. The topological polar surface area (TPSA) is 61.4 Å². The first-order valence-corrected chi connectivity index (χ1v) is 6.84. The quantitative estimate of drug-likeness (QED) is 0.685. The fourth-order valence-electron chi connectivity index (χ4n) is 1.69. The Morgan fingerprint density at radius 3 is 2.06 bits per heavy atom. The molecule has 0 aliphatic rings. The lowest BCUT2D eigenvalue weighted by molar-refractivity contribution is 0.198. The highest BCUT2D eigenvalue weighted by molar-refractivity contribution is 5.74. The molecule has 0 aromatic carbocycles. The van der Waals surface area contributed by atoms with Gasteiger partial charge in [0.25, 0.3) is 0 Å². The third kappa shape index (κ3) is 7.54. The molecule has 0 heterocycles. The molecule has 18 heavy (non-hydrogen) atoms. The minimum atomic E-state index is -0.212. The second-order valence-electron chi connectivity index (χ2n) is 6.59. The summed E-state index contributed by atoms with van der Waals surface area (Å²) in [4.78, 5) is 11.8. The first-order chi connectivity index (χ1) is 8.16. The Hall–Kier alpha value is -0.770. The average Bonchev–Trinajstić information content (AvgIpc) is 2.21. The van der Waals surface area contributed by atoms with Crippen LogP contribution in [-0.4, -0.2) is 29.8 Å². The van der Waals surface area contributed by atoms with Gasteiger partial charge in [-0.15, -0.1) is 0 Å². The number of nitrogens with one attached hydrogen (secondary N) is 2. The molecule has 2 atom stereocenters. The number of aliphatic hydroxyl groups excluding tert-OH is 1. The second kappa shape index (κ2) is 7.62. The van der Waals surface area contributed by atoms with E-state index in [-0.39, 0.29) is 30.1 Å². The van der Waals surface area contributed by atoms with Gasteiger partial charge in [-0.05, 0) is 31.1 Å². The number of carbonyl (C=O) groups excluding carboxylic acids is 1. The maximum Gasteiger partial charge on any atom is 0.315 e. The van der Waals surface area contributed by atoms with Gasteiger partial charge in [-0.1, -0.05) is 34.6 Å². The molecule has 0 saturated carbocycles. The number of hydrogen-bond acceptors (Lipinski definition) is 2. The summed E-state index contributed by atoms with van der Waals surface area (Å²) in [6, 6.07) is -0.262. The molecule has 0 radical (unpaired) electrons. The summed E-state index contributed by atoms with van der Waals surface area (Å²) < 4.78 is 0. The van der Waals surface area contributed by atoms with E-state index in [2.05, 4.69) is 45.3 Å². The van der Waals surface area contributed by atoms with E-state index in [1.807, 2.05) is 0 Å². The van der Waals surface area contributed by atoms with Gasteiger partial charge in [-0.2, -0.15) is 0 Å². The molecule has 0 spiro atoms. The third-order valence-corrected chi connectivity index (χ3v) is 3.03. The Labute approximate surface area is 112 Å². The zero-order chi connectivity index (χ0) is 14.3. The van der Waals surface area contributed by atoms with E-state index in [0.29, 0.717) is 5.92 Å². The van der Waals surface area contributed by atoms with Crippen molar-refractivity contribution < 1.29 is 9.90 Å². The van der Waals surface area contributed by atoms with Crippen molar-refractivity contribution >= 4 is 6.03 Å². The lowest BCUT2D eigenvalue weighted by Gasteiger charge is -2.32. The van der Waals surface area contributed by atoms with E-state index >= 15 is 0 Å². The van der Waals surface area contributed by atoms with Crippen molar-refractivity contribution in [3.8, 4) is 0 Å². The van der Waals surface area contributed by atoms with Crippen LogP contribution in [0.5, 0.6) is 0 Å². The fourth-order valence-corrected chi connectivity index (χ4v) is 1.69. The number of amides is 2. The van der Waals surface area contributed by atoms with Crippen LogP contribution in [0.2, 0.25) is 0 Å². The van der Waals surface area contributed by atoms with Crippen molar-refractivity contribution in [1.29, 1.82) is 0 Å². The van der Waals surface area contributed by atoms with E-state index < -0.39 is 0 Å². The van der Waals surface area contributed by atoms with Crippen LogP contribution in [0.1, 0.15) is 54.4 Å². The molecule has 0 aromatic heterocycles. The predicted molar refractivity (Wildman–Crippen MR) is 75.5 cm³/mol. The Kier molecular flexibility index (Phi) is 7.29. The molecule has 3 N–H and O–H groups in total. The van der Waals surface area contributed by atoms with Crippen LogP contribution >= 0.6 is 0 Å². The minimum absolute atomic E-state index is 0.0364. The van der Waals surface area contributed by atoms with Gasteiger partial charge in [0.1, 0.15) is 0 Å². The van der Waals surface area contributed by atoms with Crippen LogP contribution in [0.15, 0.2) is 0 Å². The summed E-state index contributed by atoms with van der Waals surface area (Å²) in [7, 11) is 0. The van der Waals surface area contributed by atoms with E-state index in [0.717, 1.165) is 12.8 Å². The van der Waals surface area contributed by atoms with Gasteiger partial charge in [-0.3, -0.25) is 0 Å². The first-order valence-electron chi connectivity index (χ1n) is 6.84. The number of urea groups is 1. The van der Waals surface area contributed by atoms with Crippen molar-refractivity contribution in [3.63, 3.8) is 0 Å². The van der Waals surface area contributed by atoms with Crippen LogP contribution in [0.3, 0.4) is 0 Å². The normalized spacial score (nSPS) is 15.3. The highest BCUT2D eigenvalue weighted by atomic mass is 16.3. The molecule has 0 saturated heterocycles. The molecule has 4 heteroatoms. The maximum atomic E-state index is 11.8. The van der Waals surface area contributed by atoms with E-state index in [9.17, 15) is 4.79 Å². The fraction of sp³-hybridized carbons (Fsp3) is 0.929. The second-order valence-corrected chi connectivity index (χ2v) is 6.59.